The van der Waals surface area contributed by atoms with Gasteiger partial charge in [0.25, 0.3) is 0 Å². The Morgan fingerprint density at radius 3 is 1.96 bits per heavy atom. The fourth-order valence-corrected chi connectivity index (χ4v) is 4.78. The number of thiophene rings is 2. The van der Waals surface area contributed by atoms with E-state index in [1.165, 1.54) is 27.0 Å². The van der Waals surface area contributed by atoms with E-state index in [4.69, 9.17) is 19.5 Å². The molecule has 2 heterocycles. The highest BCUT2D eigenvalue weighted by molar-refractivity contribution is 7.28. The van der Waals surface area contributed by atoms with Crippen molar-refractivity contribution in [3.63, 3.8) is 0 Å². The Morgan fingerprint density at radius 2 is 1.39 bits per heavy atom. The standard InChI is InChI=1S/C10H11BO3S.C10H10OS.B/c1-6-3-7-5-9(11(12)13)15-10(7)8(4-6)14-2;1-7-5-8-3-4-12-10(8)9(6-7)11-2;/h3-5,12-13H,1-2H3;3-6H,1-2H3;. The Kier molecular flexibility index (Phi) is 7.55. The minimum atomic E-state index is -1.41. The molecule has 0 spiro atoms. The van der Waals surface area contributed by atoms with E-state index in [2.05, 4.69) is 30.5 Å². The smallest absolute Gasteiger partial charge is 0.495 e. The summed E-state index contributed by atoms with van der Waals surface area (Å²) in [6.07, 6.45) is 0. The minimum absolute atomic E-state index is 0. The summed E-state index contributed by atoms with van der Waals surface area (Å²) in [5.41, 5.74) is 2.34. The van der Waals surface area contributed by atoms with Crippen LogP contribution in [0.25, 0.3) is 20.2 Å². The van der Waals surface area contributed by atoms with E-state index in [0.29, 0.717) is 4.78 Å². The van der Waals surface area contributed by atoms with Crippen LogP contribution in [-0.4, -0.2) is 39.8 Å². The Balaban J connectivity index is 0.000000198. The maximum atomic E-state index is 9.08. The van der Waals surface area contributed by atoms with Gasteiger partial charge in [-0.05, 0) is 65.4 Å². The van der Waals surface area contributed by atoms with Gasteiger partial charge in [0.2, 0.25) is 0 Å². The largest absolute Gasteiger partial charge is 0.499 e. The lowest BCUT2D eigenvalue weighted by Gasteiger charge is -2.02. The molecule has 0 bridgehead atoms. The summed E-state index contributed by atoms with van der Waals surface area (Å²) in [7, 11) is 1.92. The summed E-state index contributed by atoms with van der Waals surface area (Å²) in [6, 6.07) is 12.1. The van der Waals surface area contributed by atoms with Crippen LogP contribution in [-0.2, 0) is 0 Å². The molecule has 0 atom stereocenters. The molecule has 0 aliphatic heterocycles. The maximum Gasteiger partial charge on any atom is 0.499 e. The predicted molar refractivity (Wildman–Crippen MR) is 122 cm³/mol. The molecule has 4 nitrogen and oxygen atoms in total. The molecule has 4 aromatic rings. The van der Waals surface area contributed by atoms with Gasteiger partial charge in [0.15, 0.2) is 0 Å². The van der Waals surface area contributed by atoms with Crippen LogP contribution < -0.4 is 14.3 Å². The maximum absolute atomic E-state index is 9.08. The molecule has 0 unspecified atom stereocenters. The highest BCUT2D eigenvalue weighted by Crippen LogP contribution is 2.32. The molecule has 0 aliphatic carbocycles. The zero-order chi connectivity index (χ0) is 19.6. The summed E-state index contributed by atoms with van der Waals surface area (Å²) >= 11 is 3.06. The molecule has 8 heteroatoms. The Hall–Kier alpha value is -1.99. The molecule has 0 amide bonds. The molecule has 2 aromatic heterocycles. The van der Waals surface area contributed by atoms with Crippen molar-refractivity contribution in [3.05, 3.63) is 52.9 Å². The number of hydrogen-bond acceptors (Lipinski definition) is 6. The van der Waals surface area contributed by atoms with Crippen LogP contribution in [0.3, 0.4) is 0 Å². The third-order valence-electron chi connectivity index (χ3n) is 4.10. The monoisotopic (exact) mass is 411 g/mol. The summed E-state index contributed by atoms with van der Waals surface area (Å²) in [5.74, 6) is 1.77. The van der Waals surface area contributed by atoms with Gasteiger partial charge in [0.05, 0.1) is 23.6 Å². The van der Waals surface area contributed by atoms with Gasteiger partial charge < -0.3 is 19.5 Å². The van der Waals surface area contributed by atoms with Crippen LogP contribution in [0.2, 0.25) is 0 Å². The Bertz CT molecular complexity index is 1070. The summed E-state index contributed by atoms with van der Waals surface area (Å²) < 4.78 is 13.3. The van der Waals surface area contributed by atoms with Crippen molar-refractivity contribution in [1.82, 2.24) is 0 Å². The Morgan fingerprint density at radius 1 is 0.821 bits per heavy atom. The van der Waals surface area contributed by atoms with Crippen LogP contribution in [0.4, 0.5) is 0 Å². The first-order valence-electron chi connectivity index (χ1n) is 8.39. The number of aryl methyl sites for hydroxylation is 2. The van der Waals surface area contributed by atoms with Crippen molar-refractivity contribution in [3.8, 4) is 11.5 Å². The zero-order valence-electron chi connectivity index (χ0n) is 16.2. The summed E-state index contributed by atoms with van der Waals surface area (Å²) in [6.45, 7) is 4.06. The molecule has 0 fully saturated rings. The second-order valence-corrected chi connectivity index (χ2v) is 8.21. The molecule has 4 rings (SSSR count). The SMILES string of the molecule is COc1cc(C)cc2cc(B(O)O)sc12.COc1cc(C)cc2ccsc12.[B]. The lowest BCUT2D eigenvalue weighted by Crippen LogP contribution is -2.26. The fourth-order valence-electron chi connectivity index (χ4n) is 2.91. The molecule has 2 N–H and O–H groups in total. The first-order chi connectivity index (χ1) is 12.9. The van der Waals surface area contributed by atoms with Gasteiger partial charge >= 0.3 is 7.12 Å². The zero-order valence-corrected chi connectivity index (χ0v) is 17.9. The highest BCUT2D eigenvalue weighted by Gasteiger charge is 2.16. The van der Waals surface area contributed by atoms with E-state index in [0.717, 1.165) is 27.1 Å². The third kappa shape index (κ3) is 4.70. The van der Waals surface area contributed by atoms with Gasteiger partial charge in [-0.25, -0.2) is 0 Å². The van der Waals surface area contributed by atoms with Gasteiger partial charge in [-0.3, -0.25) is 0 Å². The minimum Gasteiger partial charge on any atom is -0.495 e. The van der Waals surface area contributed by atoms with E-state index in [-0.39, 0.29) is 8.41 Å². The average molecular weight is 411 g/mol. The van der Waals surface area contributed by atoms with Crippen molar-refractivity contribution < 1.29 is 19.5 Å². The van der Waals surface area contributed by atoms with Crippen molar-refractivity contribution in [2.24, 2.45) is 0 Å². The highest BCUT2D eigenvalue weighted by atomic mass is 32.1. The van der Waals surface area contributed by atoms with Gasteiger partial charge in [0, 0.05) is 13.2 Å². The number of benzene rings is 2. The molecule has 0 aliphatic rings. The number of rotatable bonds is 3. The van der Waals surface area contributed by atoms with E-state index >= 15 is 0 Å². The first kappa shape index (κ1) is 22.3. The quantitative estimate of drug-likeness (QED) is 0.505. The van der Waals surface area contributed by atoms with E-state index in [1.807, 2.05) is 19.1 Å². The second-order valence-electron chi connectivity index (χ2n) is 6.21. The van der Waals surface area contributed by atoms with Gasteiger partial charge in [-0.1, -0.05) is 12.1 Å². The van der Waals surface area contributed by atoms with E-state index in [1.54, 1.807) is 31.6 Å². The molecule has 28 heavy (non-hydrogen) atoms. The molecule has 143 valence electrons. The van der Waals surface area contributed by atoms with Gasteiger partial charge in [0.1, 0.15) is 11.5 Å². The van der Waals surface area contributed by atoms with Crippen LogP contribution in [0.15, 0.2) is 41.8 Å². The second kappa shape index (κ2) is 9.47. The molecule has 0 saturated carbocycles. The van der Waals surface area contributed by atoms with Crippen LogP contribution >= 0.6 is 22.7 Å². The van der Waals surface area contributed by atoms with Crippen molar-refractivity contribution in [1.29, 1.82) is 0 Å². The Labute approximate surface area is 175 Å². The van der Waals surface area contributed by atoms with E-state index < -0.39 is 7.12 Å². The molecule has 3 radical (unpaired) electrons. The number of methoxy groups -OCH3 is 2. The lowest BCUT2D eigenvalue weighted by molar-refractivity contribution is 0.420. The topological polar surface area (TPSA) is 58.9 Å². The fraction of sp³-hybridized carbons (Fsp3) is 0.200. The van der Waals surface area contributed by atoms with Gasteiger partial charge in [-0.2, -0.15) is 0 Å². The van der Waals surface area contributed by atoms with Gasteiger partial charge in [-0.15, -0.1) is 22.7 Å². The van der Waals surface area contributed by atoms with Crippen molar-refractivity contribution >= 4 is 63.2 Å². The van der Waals surface area contributed by atoms with Crippen LogP contribution in [0.5, 0.6) is 11.5 Å². The number of hydrogen-bond donors (Lipinski definition) is 2. The normalized spacial score (nSPS) is 10.2. The van der Waals surface area contributed by atoms with Crippen LogP contribution in [0.1, 0.15) is 11.1 Å². The van der Waals surface area contributed by atoms with Crippen LogP contribution in [0, 0.1) is 13.8 Å². The summed E-state index contributed by atoms with van der Waals surface area (Å²) in [4.78, 5) is 0. The predicted octanol–water partition coefficient (Wildman–Crippen LogP) is 3.74. The van der Waals surface area contributed by atoms with Crippen molar-refractivity contribution in [2.75, 3.05) is 14.2 Å². The number of fused-ring (bicyclic) bond motifs is 2. The molecular weight excluding hydrogens is 390 g/mol. The first-order valence-corrected chi connectivity index (χ1v) is 10.1. The molecular formula is C20H21B2O4S2. The van der Waals surface area contributed by atoms with E-state index in [9.17, 15) is 0 Å². The summed E-state index contributed by atoms with van der Waals surface area (Å²) in [5, 5.41) is 22.5. The molecule has 2 aromatic carbocycles. The average Bonchev–Trinajstić information content (AvgIpc) is 3.27. The van der Waals surface area contributed by atoms with Crippen molar-refractivity contribution in [2.45, 2.75) is 13.8 Å². The number of ether oxygens (including phenoxy) is 2. The lowest BCUT2D eigenvalue weighted by atomic mass is 9.89. The third-order valence-corrected chi connectivity index (χ3v) is 6.25. The molecule has 0 saturated heterocycles.